The SMILES string of the molecule is [C-]#[N+]c1ccc(S(=O)(=O)Cc2ccc3c(ccc(=O)n3C)c2Br)cc1. The second-order valence-corrected chi connectivity index (χ2v) is 8.35. The second kappa shape index (κ2) is 6.47. The van der Waals surface area contributed by atoms with Gasteiger partial charge >= 0.3 is 0 Å². The summed E-state index contributed by atoms with van der Waals surface area (Å²) in [6.45, 7) is 6.93. The van der Waals surface area contributed by atoms with E-state index in [4.69, 9.17) is 6.57 Å². The molecular formula is C18H13BrN2O3S. The number of pyridine rings is 1. The van der Waals surface area contributed by atoms with Crippen molar-refractivity contribution < 1.29 is 8.42 Å². The van der Waals surface area contributed by atoms with Gasteiger partial charge in [0.1, 0.15) is 0 Å². The molecule has 0 unspecified atom stereocenters. The second-order valence-electron chi connectivity index (χ2n) is 5.57. The van der Waals surface area contributed by atoms with Crippen molar-refractivity contribution in [1.29, 1.82) is 0 Å². The van der Waals surface area contributed by atoms with Crippen LogP contribution in [0.2, 0.25) is 0 Å². The Morgan fingerprint density at radius 3 is 2.40 bits per heavy atom. The molecule has 0 atom stereocenters. The number of hydrogen-bond donors (Lipinski definition) is 0. The number of fused-ring (bicyclic) bond motifs is 1. The average Bonchev–Trinajstić information content (AvgIpc) is 2.60. The monoisotopic (exact) mass is 416 g/mol. The van der Waals surface area contributed by atoms with E-state index in [2.05, 4.69) is 20.8 Å². The van der Waals surface area contributed by atoms with Crippen LogP contribution in [-0.2, 0) is 22.6 Å². The van der Waals surface area contributed by atoms with E-state index in [1.165, 1.54) is 34.9 Å². The zero-order valence-corrected chi connectivity index (χ0v) is 15.6. The van der Waals surface area contributed by atoms with Gasteiger partial charge in [-0.2, -0.15) is 0 Å². The molecule has 1 heterocycles. The fraction of sp³-hybridized carbons (Fsp3) is 0.111. The Labute approximate surface area is 153 Å². The number of aromatic nitrogens is 1. The molecule has 126 valence electrons. The van der Waals surface area contributed by atoms with Gasteiger partial charge in [-0.1, -0.05) is 30.3 Å². The fourth-order valence-corrected chi connectivity index (χ4v) is 4.75. The highest BCUT2D eigenvalue weighted by Crippen LogP contribution is 2.30. The van der Waals surface area contributed by atoms with Gasteiger partial charge in [0, 0.05) is 23.0 Å². The maximum Gasteiger partial charge on any atom is 0.250 e. The van der Waals surface area contributed by atoms with Gasteiger partial charge in [0.05, 0.1) is 22.7 Å². The van der Waals surface area contributed by atoms with Gasteiger partial charge in [0.15, 0.2) is 15.5 Å². The Morgan fingerprint density at radius 2 is 1.76 bits per heavy atom. The van der Waals surface area contributed by atoms with Crippen molar-refractivity contribution in [3.05, 3.63) is 80.3 Å². The lowest BCUT2D eigenvalue weighted by Crippen LogP contribution is -2.15. The van der Waals surface area contributed by atoms with Gasteiger partial charge in [-0.15, -0.1) is 0 Å². The summed E-state index contributed by atoms with van der Waals surface area (Å²) in [5.74, 6) is -0.177. The molecule has 0 saturated heterocycles. The smallest absolute Gasteiger partial charge is 0.250 e. The summed E-state index contributed by atoms with van der Waals surface area (Å²) >= 11 is 3.47. The Balaban J connectivity index is 2.05. The first-order valence-corrected chi connectivity index (χ1v) is 9.75. The first kappa shape index (κ1) is 17.4. The van der Waals surface area contributed by atoms with Crippen LogP contribution in [-0.4, -0.2) is 13.0 Å². The predicted molar refractivity (Wildman–Crippen MR) is 100 cm³/mol. The summed E-state index contributed by atoms with van der Waals surface area (Å²) < 4.78 is 27.5. The third-order valence-electron chi connectivity index (χ3n) is 3.99. The van der Waals surface area contributed by atoms with Crippen molar-refractivity contribution in [2.24, 2.45) is 7.05 Å². The summed E-state index contributed by atoms with van der Waals surface area (Å²) in [6, 6.07) is 12.5. The number of aryl methyl sites for hydroxylation is 1. The molecule has 0 aliphatic heterocycles. The van der Waals surface area contributed by atoms with E-state index in [0.29, 0.717) is 15.7 Å². The van der Waals surface area contributed by atoms with Crippen molar-refractivity contribution in [2.45, 2.75) is 10.6 Å². The van der Waals surface area contributed by atoms with Crippen LogP contribution in [0.1, 0.15) is 5.56 Å². The van der Waals surface area contributed by atoms with Crippen molar-refractivity contribution in [2.75, 3.05) is 0 Å². The number of nitrogens with zero attached hydrogens (tertiary/aromatic N) is 2. The molecule has 0 radical (unpaired) electrons. The zero-order valence-electron chi connectivity index (χ0n) is 13.2. The lowest BCUT2D eigenvalue weighted by atomic mass is 10.1. The predicted octanol–water partition coefficient (Wildman–Crippen LogP) is 3.83. The van der Waals surface area contributed by atoms with E-state index < -0.39 is 9.84 Å². The van der Waals surface area contributed by atoms with Crippen LogP contribution in [0.3, 0.4) is 0 Å². The van der Waals surface area contributed by atoms with E-state index in [0.717, 1.165) is 10.9 Å². The summed E-state index contributed by atoms with van der Waals surface area (Å²) in [5, 5.41) is 0.776. The van der Waals surface area contributed by atoms with Gasteiger partial charge in [-0.3, -0.25) is 4.79 Å². The van der Waals surface area contributed by atoms with Crippen LogP contribution >= 0.6 is 15.9 Å². The van der Waals surface area contributed by atoms with E-state index in [1.807, 2.05) is 0 Å². The topological polar surface area (TPSA) is 60.5 Å². The van der Waals surface area contributed by atoms with E-state index in [-0.39, 0.29) is 16.2 Å². The number of benzene rings is 2. The molecule has 0 fully saturated rings. The standard InChI is InChI=1S/C18H13BrN2O3S/c1-20-13-4-6-14(7-5-13)25(23,24)11-12-3-9-16-15(18(12)19)8-10-17(22)21(16)2/h3-10H,11H2,2H3. The molecule has 0 saturated carbocycles. The summed E-state index contributed by atoms with van der Waals surface area (Å²) in [7, 11) is -1.88. The number of hydrogen-bond acceptors (Lipinski definition) is 3. The third-order valence-corrected chi connectivity index (χ3v) is 6.61. The Hall–Kier alpha value is -2.43. The van der Waals surface area contributed by atoms with Crippen molar-refractivity contribution in [1.82, 2.24) is 4.57 Å². The Bertz CT molecular complexity index is 1170. The molecule has 7 heteroatoms. The van der Waals surface area contributed by atoms with E-state index in [9.17, 15) is 13.2 Å². The maximum absolute atomic E-state index is 12.7. The molecule has 5 nitrogen and oxygen atoms in total. The minimum Gasteiger partial charge on any atom is -0.311 e. The Morgan fingerprint density at radius 1 is 1.08 bits per heavy atom. The zero-order chi connectivity index (χ0) is 18.2. The van der Waals surface area contributed by atoms with Crippen LogP contribution in [0.25, 0.3) is 15.7 Å². The minimum atomic E-state index is -3.55. The molecule has 0 aliphatic rings. The fourth-order valence-electron chi connectivity index (χ4n) is 2.59. The number of rotatable bonds is 3. The molecule has 2 aromatic carbocycles. The molecule has 0 bridgehead atoms. The Kier molecular flexibility index (Phi) is 4.50. The molecule has 3 rings (SSSR count). The first-order valence-electron chi connectivity index (χ1n) is 7.31. The van der Waals surface area contributed by atoms with Gasteiger partial charge < -0.3 is 4.57 Å². The molecule has 0 aliphatic carbocycles. The van der Waals surface area contributed by atoms with Crippen LogP contribution in [0.15, 0.2) is 62.7 Å². The molecule has 25 heavy (non-hydrogen) atoms. The van der Waals surface area contributed by atoms with E-state index in [1.54, 1.807) is 25.2 Å². The van der Waals surface area contributed by atoms with E-state index >= 15 is 0 Å². The average molecular weight is 417 g/mol. The summed E-state index contributed by atoms with van der Waals surface area (Å²) in [6.07, 6.45) is 0. The van der Waals surface area contributed by atoms with Crippen LogP contribution in [0.5, 0.6) is 0 Å². The third kappa shape index (κ3) is 3.23. The normalized spacial score (nSPS) is 11.4. The molecule has 1 aromatic heterocycles. The highest BCUT2D eigenvalue weighted by molar-refractivity contribution is 9.10. The van der Waals surface area contributed by atoms with Crippen LogP contribution in [0, 0.1) is 6.57 Å². The highest BCUT2D eigenvalue weighted by Gasteiger charge is 2.18. The van der Waals surface area contributed by atoms with Gasteiger partial charge in [0.25, 0.3) is 5.56 Å². The molecule has 3 aromatic rings. The van der Waals surface area contributed by atoms with Gasteiger partial charge in [-0.25, -0.2) is 13.3 Å². The van der Waals surface area contributed by atoms with Crippen molar-refractivity contribution in [3.63, 3.8) is 0 Å². The number of halogens is 1. The van der Waals surface area contributed by atoms with Crippen LogP contribution < -0.4 is 5.56 Å². The van der Waals surface area contributed by atoms with Crippen molar-refractivity contribution >= 4 is 42.4 Å². The summed E-state index contributed by atoms with van der Waals surface area (Å²) in [5.41, 5.74) is 1.61. The lowest BCUT2D eigenvalue weighted by molar-refractivity contribution is 0.595. The summed E-state index contributed by atoms with van der Waals surface area (Å²) in [4.78, 5) is 15.2. The van der Waals surface area contributed by atoms with Crippen LogP contribution in [0.4, 0.5) is 5.69 Å². The highest BCUT2D eigenvalue weighted by atomic mass is 79.9. The molecule has 0 amide bonds. The quantitative estimate of drug-likeness (QED) is 0.609. The molecule has 0 spiro atoms. The van der Waals surface area contributed by atoms with Crippen molar-refractivity contribution in [3.8, 4) is 0 Å². The molecule has 0 N–H and O–H groups in total. The van der Waals surface area contributed by atoms with Gasteiger partial charge in [-0.05, 0) is 33.6 Å². The maximum atomic E-state index is 12.7. The number of sulfone groups is 1. The first-order chi connectivity index (χ1) is 11.8. The molecular weight excluding hydrogens is 404 g/mol. The minimum absolute atomic E-state index is 0.125. The van der Waals surface area contributed by atoms with Gasteiger partial charge in [0.2, 0.25) is 0 Å². The lowest BCUT2D eigenvalue weighted by Gasteiger charge is -2.11. The largest absolute Gasteiger partial charge is 0.311 e.